The molecule has 3 fully saturated rings. The van der Waals surface area contributed by atoms with Crippen LogP contribution in [0.1, 0.15) is 52.4 Å². The smallest absolute Gasteiger partial charge is 0.0223 e. The number of nitrogens with zero attached hydrogens (tertiary/aromatic N) is 2. The highest BCUT2D eigenvalue weighted by atomic mass is 15.3. The van der Waals surface area contributed by atoms with Gasteiger partial charge in [0.2, 0.25) is 0 Å². The second-order valence-corrected chi connectivity index (χ2v) is 8.43. The van der Waals surface area contributed by atoms with Crippen molar-refractivity contribution in [1.82, 2.24) is 9.80 Å². The summed E-state index contributed by atoms with van der Waals surface area (Å²) in [5, 5.41) is 0. The standard InChI is InChI=1S/C17H33N3/c1-17(2)8-6-16(18)13(10-17)11-20-9-7-14-4-5-15(12-20)19(14)3/h13-16H,4-12,18H2,1-3H3. The zero-order valence-corrected chi connectivity index (χ0v) is 13.6. The maximum Gasteiger partial charge on any atom is 0.0223 e. The Kier molecular flexibility index (Phi) is 4.13. The summed E-state index contributed by atoms with van der Waals surface area (Å²) in [6.07, 6.45) is 8.02. The maximum absolute atomic E-state index is 6.42. The van der Waals surface area contributed by atoms with Crippen molar-refractivity contribution < 1.29 is 0 Å². The lowest BCUT2D eigenvalue weighted by Crippen LogP contribution is -2.46. The Balaban J connectivity index is 1.60. The molecule has 0 aromatic heterocycles. The average molecular weight is 279 g/mol. The van der Waals surface area contributed by atoms with Crippen LogP contribution in [0.4, 0.5) is 0 Å². The Labute approximate surface area is 124 Å². The van der Waals surface area contributed by atoms with Gasteiger partial charge in [-0.2, -0.15) is 0 Å². The highest BCUT2D eigenvalue weighted by molar-refractivity contribution is 4.93. The third-order valence-electron chi connectivity index (χ3n) is 6.30. The molecule has 1 saturated carbocycles. The average Bonchev–Trinajstić information content (AvgIpc) is 2.62. The van der Waals surface area contributed by atoms with E-state index in [0.717, 1.165) is 12.1 Å². The van der Waals surface area contributed by atoms with Crippen molar-refractivity contribution >= 4 is 0 Å². The van der Waals surface area contributed by atoms with Gasteiger partial charge in [-0.25, -0.2) is 0 Å². The topological polar surface area (TPSA) is 32.5 Å². The summed E-state index contributed by atoms with van der Waals surface area (Å²) in [6, 6.07) is 2.08. The van der Waals surface area contributed by atoms with E-state index in [0.29, 0.717) is 17.4 Å². The van der Waals surface area contributed by atoms with Crippen molar-refractivity contribution in [3.05, 3.63) is 0 Å². The van der Waals surface area contributed by atoms with Gasteiger partial charge >= 0.3 is 0 Å². The first kappa shape index (κ1) is 14.8. The fourth-order valence-electron chi connectivity index (χ4n) is 4.83. The molecule has 0 amide bonds. The van der Waals surface area contributed by atoms with E-state index in [2.05, 4.69) is 30.7 Å². The van der Waals surface area contributed by atoms with Crippen LogP contribution in [0.5, 0.6) is 0 Å². The molecule has 0 aromatic carbocycles. The number of likely N-dealkylation sites (tertiary alicyclic amines) is 1. The van der Waals surface area contributed by atoms with Gasteiger partial charge in [0.05, 0.1) is 0 Å². The first-order chi connectivity index (χ1) is 9.44. The lowest BCUT2D eigenvalue weighted by atomic mass is 9.70. The number of hydrogen-bond donors (Lipinski definition) is 1. The molecule has 3 heteroatoms. The lowest BCUT2D eigenvalue weighted by Gasteiger charge is -2.41. The van der Waals surface area contributed by atoms with Crippen LogP contribution in [0.2, 0.25) is 0 Å². The molecule has 2 saturated heterocycles. The zero-order valence-electron chi connectivity index (χ0n) is 13.6. The summed E-state index contributed by atoms with van der Waals surface area (Å²) in [5.74, 6) is 0.709. The Morgan fingerprint density at radius 3 is 2.65 bits per heavy atom. The van der Waals surface area contributed by atoms with E-state index >= 15 is 0 Å². The third kappa shape index (κ3) is 3.05. The minimum atomic E-state index is 0.432. The zero-order chi connectivity index (χ0) is 14.3. The summed E-state index contributed by atoms with van der Waals surface area (Å²) in [4.78, 5) is 5.37. The Morgan fingerprint density at radius 1 is 1.10 bits per heavy atom. The van der Waals surface area contributed by atoms with Crippen molar-refractivity contribution in [2.45, 2.75) is 70.5 Å². The van der Waals surface area contributed by atoms with Crippen LogP contribution in [0, 0.1) is 11.3 Å². The molecule has 20 heavy (non-hydrogen) atoms. The molecule has 2 N–H and O–H groups in total. The number of nitrogens with two attached hydrogens (primary N) is 1. The van der Waals surface area contributed by atoms with Crippen molar-refractivity contribution in [2.24, 2.45) is 17.1 Å². The van der Waals surface area contributed by atoms with Crippen LogP contribution in [0.3, 0.4) is 0 Å². The molecule has 3 rings (SSSR count). The van der Waals surface area contributed by atoms with Crippen molar-refractivity contribution in [2.75, 3.05) is 26.7 Å². The van der Waals surface area contributed by atoms with Gasteiger partial charge in [0.1, 0.15) is 0 Å². The van der Waals surface area contributed by atoms with E-state index in [1.54, 1.807) is 0 Å². The molecule has 0 radical (unpaired) electrons. The van der Waals surface area contributed by atoms with Gasteiger partial charge in [-0.05, 0) is 63.5 Å². The quantitative estimate of drug-likeness (QED) is 0.842. The molecule has 116 valence electrons. The molecule has 1 aliphatic carbocycles. The van der Waals surface area contributed by atoms with Gasteiger partial charge in [0, 0.05) is 31.2 Å². The predicted octanol–water partition coefficient (Wildman–Crippen LogP) is 2.31. The summed E-state index contributed by atoms with van der Waals surface area (Å²) >= 11 is 0. The highest BCUT2D eigenvalue weighted by Crippen LogP contribution is 2.39. The largest absolute Gasteiger partial charge is 0.327 e. The minimum Gasteiger partial charge on any atom is -0.327 e. The summed E-state index contributed by atoms with van der Waals surface area (Å²) in [6.45, 7) is 8.64. The molecule has 2 heterocycles. The molecule has 2 aliphatic heterocycles. The number of hydrogen-bond acceptors (Lipinski definition) is 3. The molecular formula is C17H33N3. The first-order valence-corrected chi connectivity index (χ1v) is 8.64. The van der Waals surface area contributed by atoms with Gasteiger partial charge in [-0.1, -0.05) is 13.8 Å². The molecule has 0 aromatic rings. The SMILES string of the molecule is CN1C2CCC1CN(CC1CC(C)(C)CCC1N)CC2. The van der Waals surface area contributed by atoms with Crippen LogP contribution in [-0.4, -0.2) is 54.6 Å². The van der Waals surface area contributed by atoms with Gasteiger partial charge in [0.15, 0.2) is 0 Å². The predicted molar refractivity (Wildman–Crippen MR) is 84.7 cm³/mol. The Morgan fingerprint density at radius 2 is 1.85 bits per heavy atom. The van der Waals surface area contributed by atoms with E-state index in [1.165, 1.54) is 58.2 Å². The van der Waals surface area contributed by atoms with Crippen LogP contribution < -0.4 is 5.73 Å². The van der Waals surface area contributed by atoms with E-state index in [9.17, 15) is 0 Å². The van der Waals surface area contributed by atoms with Crippen LogP contribution in [0.15, 0.2) is 0 Å². The molecule has 0 spiro atoms. The molecule has 2 bridgehead atoms. The third-order valence-corrected chi connectivity index (χ3v) is 6.30. The Hall–Kier alpha value is -0.120. The lowest BCUT2D eigenvalue weighted by molar-refractivity contribution is 0.109. The summed E-state index contributed by atoms with van der Waals surface area (Å²) in [7, 11) is 2.33. The van der Waals surface area contributed by atoms with Crippen molar-refractivity contribution in [3.8, 4) is 0 Å². The van der Waals surface area contributed by atoms with E-state index in [4.69, 9.17) is 5.73 Å². The van der Waals surface area contributed by atoms with Crippen molar-refractivity contribution in [1.29, 1.82) is 0 Å². The fraction of sp³-hybridized carbons (Fsp3) is 1.00. The first-order valence-electron chi connectivity index (χ1n) is 8.64. The number of rotatable bonds is 2. The molecular weight excluding hydrogens is 246 g/mol. The van der Waals surface area contributed by atoms with Crippen LogP contribution >= 0.6 is 0 Å². The minimum absolute atomic E-state index is 0.432. The summed E-state index contributed by atoms with van der Waals surface area (Å²) < 4.78 is 0. The summed E-state index contributed by atoms with van der Waals surface area (Å²) in [5.41, 5.74) is 6.92. The van der Waals surface area contributed by atoms with E-state index in [1.807, 2.05) is 0 Å². The van der Waals surface area contributed by atoms with Gasteiger partial charge in [-0.3, -0.25) is 4.90 Å². The number of likely N-dealkylation sites (N-methyl/N-ethyl adjacent to an activating group) is 1. The van der Waals surface area contributed by atoms with Crippen LogP contribution in [-0.2, 0) is 0 Å². The molecule has 4 unspecified atom stereocenters. The van der Waals surface area contributed by atoms with Gasteiger partial charge < -0.3 is 10.6 Å². The maximum atomic E-state index is 6.42. The van der Waals surface area contributed by atoms with Crippen LogP contribution in [0.25, 0.3) is 0 Å². The van der Waals surface area contributed by atoms with Gasteiger partial charge in [-0.15, -0.1) is 0 Å². The molecule has 3 nitrogen and oxygen atoms in total. The number of fused-ring (bicyclic) bond motifs is 2. The molecule has 3 aliphatic rings. The monoisotopic (exact) mass is 279 g/mol. The highest BCUT2D eigenvalue weighted by Gasteiger charge is 2.37. The second-order valence-electron chi connectivity index (χ2n) is 8.43. The fourth-order valence-corrected chi connectivity index (χ4v) is 4.83. The van der Waals surface area contributed by atoms with E-state index < -0.39 is 0 Å². The molecule has 4 atom stereocenters. The second kappa shape index (κ2) is 5.58. The Bertz CT molecular complexity index is 341. The van der Waals surface area contributed by atoms with Crippen molar-refractivity contribution in [3.63, 3.8) is 0 Å². The van der Waals surface area contributed by atoms with E-state index in [-0.39, 0.29) is 0 Å². The normalized spacial score (nSPS) is 42.6. The van der Waals surface area contributed by atoms with Gasteiger partial charge in [0.25, 0.3) is 0 Å².